The molecule has 0 spiro atoms. The number of nitrogens with one attached hydrogen (secondary N) is 2. The van der Waals surface area contributed by atoms with Gasteiger partial charge in [-0.25, -0.2) is 4.79 Å². The van der Waals surface area contributed by atoms with Gasteiger partial charge in [0.1, 0.15) is 0 Å². The number of imide groups is 1. The lowest BCUT2D eigenvalue weighted by atomic mass is 10.2. The minimum atomic E-state index is -1.09. The quantitative estimate of drug-likeness (QED) is 0.745. The van der Waals surface area contributed by atoms with Crippen LogP contribution >= 0.6 is 11.8 Å². The van der Waals surface area contributed by atoms with Crippen LogP contribution in [0.5, 0.6) is 0 Å². The molecule has 2 rings (SSSR count). The van der Waals surface area contributed by atoms with Crippen molar-refractivity contribution >= 4 is 34.6 Å². The second-order valence-corrected chi connectivity index (χ2v) is 4.35. The van der Waals surface area contributed by atoms with E-state index in [1.807, 2.05) is 0 Å². The maximum atomic E-state index is 11.3. The fraction of sp³-hybridized carbons (Fsp3) is 0.100. The molecule has 1 aromatic carbocycles. The highest BCUT2D eigenvalue weighted by Crippen LogP contribution is 2.23. The number of carboxylic acid groups (broad SMARTS) is 1. The van der Waals surface area contributed by atoms with Crippen molar-refractivity contribution in [1.82, 2.24) is 5.32 Å². The van der Waals surface area contributed by atoms with Gasteiger partial charge in [0.05, 0.1) is 5.56 Å². The zero-order valence-corrected chi connectivity index (χ0v) is 9.28. The Morgan fingerprint density at radius 3 is 2.65 bits per heavy atom. The Kier molecular flexibility index (Phi) is 3.01. The van der Waals surface area contributed by atoms with Crippen LogP contribution in [0.1, 0.15) is 10.4 Å². The average molecular weight is 252 g/mol. The lowest BCUT2D eigenvalue weighted by molar-refractivity contribution is -0.118. The Labute approximate surface area is 100 Å². The molecule has 1 aliphatic rings. The molecule has 3 N–H and O–H groups in total. The van der Waals surface area contributed by atoms with Crippen molar-refractivity contribution in [2.24, 2.45) is 0 Å². The molecule has 0 radical (unpaired) electrons. The highest BCUT2D eigenvalue weighted by atomic mass is 32.2. The summed E-state index contributed by atoms with van der Waals surface area (Å²) in [5.74, 6) is -1.57. The van der Waals surface area contributed by atoms with E-state index in [9.17, 15) is 14.4 Å². The predicted molar refractivity (Wildman–Crippen MR) is 61.9 cm³/mol. The Morgan fingerprint density at radius 2 is 2.06 bits per heavy atom. The van der Waals surface area contributed by atoms with E-state index in [-0.39, 0.29) is 5.56 Å². The minimum Gasteiger partial charge on any atom is -0.478 e. The molecule has 1 aromatic rings. The molecular weight excluding hydrogens is 244 g/mol. The van der Waals surface area contributed by atoms with Gasteiger partial charge in [0.15, 0.2) is 5.37 Å². The standard InChI is InChI=1S/C10H8N2O4S/c13-7-8(17-10(16)12-7)11-6-4-2-1-3-5(6)9(14)15/h1-4,8,11H,(H,14,15)(H,12,13,16)/t8-/m1/s1. The summed E-state index contributed by atoms with van der Waals surface area (Å²) >= 11 is 0.785. The summed E-state index contributed by atoms with van der Waals surface area (Å²) in [6.07, 6.45) is 0. The first kappa shape index (κ1) is 11.5. The van der Waals surface area contributed by atoms with Crippen LogP contribution in [0.2, 0.25) is 0 Å². The van der Waals surface area contributed by atoms with Crippen molar-refractivity contribution in [3.05, 3.63) is 29.8 Å². The Balaban J connectivity index is 2.22. The summed E-state index contributed by atoms with van der Waals surface area (Å²) < 4.78 is 0. The number of hydrogen-bond donors (Lipinski definition) is 3. The van der Waals surface area contributed by atoms with Crippen LogP contribution in [0.4, 0.5) is 10.5 Å². The number of benzene rings is 1. The first-order valence-corrected chi connectivity index (χ1v) is 5.56. The zero-order valence-electron chi connectivity index (χ0n) is 8.47. The molecule has 0 saturated carbocycles. The topological polar surface area (TPSA) is 95.5 Å². The summed E-state index contributed by atoms with van der Waals surface area (Å²) in [5.41, 5.74) is 0.364. The number of anilines is 1. The van der Waals surface area contributed by atoms with E-state index in [2.05, 4.69) is 10.6 Å². The van der Waals surface area contributed by atoms with Crippen molar-refractivity contribution in [2.45, 2.75) is 5.37 Å². The van der Waals surface area contributed by atoms with E-state index < -0.39 is 22.5 Å². The number of hydrogen-bond acceptors (Lipinski definition) is 5. The van der Waals surface area contributed by atoms with Crippen molar-refractivity contribution in [2.75, 3.05) is 5.32 Å². The molecule has 1 aliphatic heterocycles. The molecule has 7 heteroatoms. The van der Waals surface area contributed by atoms with Gasteiger partial charge in [-0.1, -0.05) is 12.1 Å². The molecule has 1 saturated heterocycles. The smallest absolute Gasteiger partial charge is 0.337 e. The van der Waals surface area contributed by atoms with Crippen LogP contribution in [-0.4, -0.2) is 27.6 Å². The second kappa shape index (κ2) is 4.46. The number of amides is 2. The van der Waals surface area contributed by atoms with Gasteiger partial charge in [-0.15, -0.1) is 0 Å². The van der Waals surface area contributed by atoms with E-state index >= 15 is 0 Å². The van der Waals surface area contributed by atoms with Gasteiger partial charge in [0, 0.05) is 5.69 Å². The van der Waals surface area contributed by atoms with Crippen LogP contribution in [0, 0.1) is 0 Å². The molecule has 0 aromatic heterocycles. The second-order valence-electron chi connectivity index (χ2n) is 3.27. The fourth-order valence-corrected chi connectivity index (χ4v) is 2.11. The number of aromatic carboxylic acids is 1. The number of para-hydroxylation sites is 1. The van der Waals surface area contributed by atoms with Gasteiger partial charge in [-0.2, -0.15) is 0 Å². The monoisotopic (exact) mass is 252 g/mol. The van der Waals surface area contributed by atoms with Crippen LogP contribution in [0.15, 0.2) is 24.3 Å². The van der Waals surface area contributed by atoms with Gasteiger partial charge in [0.2, 0.25) is 0 Å². The maximum Gasteiger partial charge on any atom is 0.337 e. The first-order chi connectivity index (χ1) is 8.08. The van der Waals surface area contributed by atoms with Gasteiger partial charge in [0.25, 0.3) is 11.1 Å². The van der Waals surface area contributed by atoms with Crippen molar-refractivity contribution in [3.8, 4) is 0 Å². The average Bonchev–Trinajstić information content (AvgIpc) is 2.58. The van der Waals surface area contributed by atoms with E-state index in [1.54, 1.807) is 18.2 Å². The number of thioether (sulfide) groups is 1. The highest BCUT2D eigenvalue weighted by Gasteiger charge is 2.32. The van der Waals surface area contributed by atoms with Crippen LogP contribution in [0.3, 0.4) is 0 Å². The van der Waals surface area contributed by atoms with Gasteiger partial charge in [-0.05, 0) is 23.9 Å². The molecule has 1 fully saturated rings. The zero-order chi connectivity index (χ0) is 12.4. The molecule has 0 aliphatic carbocycles. The van der Waals surface area contributed by atoms with Crippen LogP contribution in [0.25, 0.3) is 0 Å². The maximum absolute atomic E-state index is 11.3. The molecule has 6 nitrogen and oxygen atoms in total. The normalized spacial score (nSPS) is 18.9. The number of carboxylic acids is 1. The highest BCUT2D eigenvalue weighted by molar-refractivity contribution is 8.15. The summed E-state index contributed by atoms with van der Waals surface area (Å²) in [6.45, 7) is 0. The first-order valence-electron chi connectivity index (χ1n) is 4.68. The number of carbonyl (C=O) groups is 3. The molecular formula is C10H8N2O4S. The molecule has 17 heavy (non-hydrogen) atoms. The Morgan fingerprint density at radius 1 is 1.35 bits per heavy atom. The van der Waals surface area contributed by atoms with Gasteiger partial charge in [-0.3, -0.25) is 14.9 Å². The number of rotatable bonds is 3. The third-order valence-electron chi connectivity index (χ3n) is 2.13. The minimum absolute atomic E-state index is 0.0558. The van der Waals surface area contributed by atoms with E-state index in [0.717, 1.165) is 11.8 Å². The van der Waals surface area contributed by atoms with Crippen LogP contribution in [-0.2, 0) is 4.79 Å². The SMILES string of the molecule is O=C1NC(=O)[C@H](Nc2ccccc2C(=O)O)S1. The van der Waals surface area contributed by atoms with E-state index in [1.165, 1.54) is 6.07 Å². The van der Waals surface area contributed by atoms with Crippen molar-refractivity contribution in [1.29, 1.82) is 0 Å². The molecule has 1 atom stereocenters. The van der Waals surface area contributed by atoms with Crippen LogP contribution < -0.4 is 10.6 Å². The molecule has 0 unspecified atom stereocenters. The molecule has 0 bridgehead atoms. The third kappa shape index (κ3) is 2.39. The van der Waals surface area contributed by atoms with E-state index in [4.69, 9.17) is 5.11 Å². The van der Waals surface area contributed by atoms with Crippen molar-refractivity contribution < 1.29 is 19.5 Å². The lowest BCUT2D eigenvalue weighted by Crippen LogP contribution is -2.29. The summed E-state index contributed by atoms with van der Waals surface area (Å²) in [4.78, 5) is 33.2. The van der Waals surface area contributed by atoms with Crippen molar-refractivity contribution in [3.63, 3.8) is 0 Å². The molecule has 1 heterocycles. The largest absolute Gasteiger partial charge is 0.478 e. The van der Waals surface area contributed by atoms with Gasteiger partial charge < -0.3 is 10.4 Å². The molecule has 88 valence electrons. The fourth-order valence-electron chi connectivity index (χ4n) is 1.39. The summed E-state index contributed by atoms with van der Waals surface area (Å²) in [5, 5.41) is 12.5. The Bertz CT molecular complexity index is 503. The summed E-state index contributed by atoms with van der Waals surface area (Å²) in [6, 6.07) is 6.19. The lowest BCUT2D eigenvalue weighted by Gasteiger charge is -2.11. The predicted octanol–water partition coefficient (Wildman–Crippen LogP) is 1.11. The van der Waals surface area contributed by atoms with E-state index in [0.29, 0.717) is 5.69 Å². The van der Waals surface area contributed by atoms with Gasteiger partial charge >= 0.3 is 5.97 Å². The molecule has 2 amide bonds. The number of carbonyl (C=O) groups excluding carboxylic acids is 2. The third-order valence-corrected chi connectivity index (χ3v) is 3.02. The Hall–Kier alpha value is -2.02. The summed E-state index contributed by atoms with van der Waals surface area (Å²) in [7, 11) is 0.